The Kier molecular flexibility index (Phi) is 5.01. The summed E-state index contributed by atoms with van der Waals surface area (Å²) in [4.78, 5) is 19.1. The first-order valence-corrected chi connectivity index (χ1v) is 8.95. The number of nitrogens with zero attached hydrogens (tertiary/aromatic N) is 3. The van der Waals surface area contributed by atoms with Crippen molar-refractivity contribution in [1.29, 1.82) is 0 Å². The number of aryl methyl sites for hydroxylation is 1. The molecule has 4 nitrogen and oxygen atoms in total. The van der Waals surface area contributed by atoms with Gasteiger partial charge < -0.3 is 4.90 Å². The highest BCUT2D eigenvalue weighted by Gasteiger charge is 2.23. The minimum Gasteiger partial charge on any atom is -0.336 e. The molecule has 0 saturated heterocycles. The summed E-state index contributed by atoms with van der Waals surface area (Å²) in [5.74, 6) is 0.117. The van der Waals surface area contributed by atoms with Gasteiger partial charge in [-0.2, -0.15) is 0 Å². The van der Waals surface area contributed by atoms with E-state index in [1.165, 1.54) is 12.1 Å². The van der Waals surface area contributed by atoms with E-state index in [1.807, 2.05) is 38.2 Å². The fourth-order valence-corrected chi connectivity index (χ4v) is 3.48. The fourth-order valence-electron chi connectivity index (χ4n) is 3.27. The lowest BCUT2D eigenvalue weighted by Crippen LogP contribution is -2.37. The topological polar surface area (TPSA) is 37.6 Å². The van der Waals surface area contributed by atoms with Gasteiger partial charge in [-0.1, -0.05) is 11.6 Å². The minimum absolute atomic E-state index is 0.0120. The summed E-state index contributed by atoms with van der Waals surface area (Å²) in [6.45, 7) is 8.22. The lowest BCUT2D eigenvalue weighted by molar-refractivity contribution is 0.0717. The number of benzene rings is 1. The Hall–Kier alpha value is -2.40. The largest absolute Gasteiger partial charge is 0.336 e. The molecule has 3 aromatic rings. The molecular weight excluding hydrogens is 353 g/mol. The number of aromatic nitrogens is 2. The molecule has 0 fully saturated rings. The zero-order valence-corrected chi connectivity index (χ0v) is 16.0. The molecule has 0 N–H and O–H groups in total. The standard InChI is InChI=1S/C20H21ClFN3O/c1-5-24(12(2)3)20(26)18-10-15(22)6-7-17(18)19-9-14(21)8-16-11-23-13(4)25(16)19/h6-12H,5H2,1-4H3. The van der Waals surface area contributed by atoms with Crippen LogP contribution in [0.15, 0.2) is 36.5 Å². The van der Waals surface area contributed by atoms with Crippen LogP contribution < -0.4 is 0 Å². The summed E-state index contributed by atoms with van der Waals surface area (Å²) in [7, 11) is 0. The van der Waals surface area contributed by atoms with Gasteiger partial charge in [0.2, 0.25) is 0 Å². The monoisotopic (exact) mass is 373 g/mol. The van der Waals surface area contributed by atoms with E-state index >= 15 is 0 Å². The molecular formula is C20H21ClFN3O. The summed E-state index contributed by atoms with van der Waals surface area (Å²) in [5, 5.41) is 0.534. The molecule has 2 aromatic heterocycles. The van der Waals surface area contributed by atoms with Gasteiger partial charge in [0.15, 0.2) is 0 Å². The van der Waals surface area contributed by atoms with E-state index in [0.29, 0.717) is 28.4 Å². The zero-order valence-electron chi connectivity index (χ0n) is 15.3. The van der Waals surface area contributed by atoms with Gasteiger partial charge in [-0.05, 0) is 58.0 Å². The SMILES string of the molecule is CCN(C(=O)c1cc(F)ccc1-c1cc(Cl)cc2cnc(C)n12)C(C)C. The second-order valence-electron chi connectivity index (χ2n) is 6.50. The number of amides is 1. The molecule has 0 saturated carbocycles. The fraction of sp³-hybridized carbons (Fsp3) is 0.300. The molecule has 0 aliphatic rings. The lowest BCUT2D eigenvalue weighted by Gasteiger charge is -2.26. The number of carbonyl (C=O) groups is 1. The summed E-state index contributed by atoms with van der Waals surface area (Å²) >= 11 is 6.28. The number of rotatable bonds is 4. The Bertz CT molecular complexity index is 981. The van der Waals surface area contributed by atoms with Crippen LogP contribution in [0.4, 0.5) is 4.39 Å². The number of carbonyl (C=O) groups excluding carboxylic acids is 1. The van der Waals surface area contributed by atoms with Crippen LogP contribution in [0.1, 0.15) is 37.0 Å². The third kappa shape index (κ3) is 3.19. The van der Waals surface area contributed by atoms with Crippen molar-refractivity contribution < 1.29 is 9.18 Å². The molecule has 0 unspecified atom stereocenters. The first kappa shape index (κ1) is 18.4. The van der Waals surface area contributed by atoms with Gasteiger partial charge in [0.25, 0.3) is 5.91 Å². The number of halogens is 2. The van der Waals surface area contributed by atoms with Gasteiger partial charge in [-0.15, -0.1) is 0 Å². The molecule has 3 rings (SSSR count). The van der Waals surface area contributed by atoms with E-state index in [-0.39, 0.29) is 11.9 Å². The zero-order chi connectivity index (χ0) is 19.0. The van der Waals surface area contributed by atoms with Crippen LogP contribution in [0.5, 0.6) is 0 Å². The summed E-state index contributed by atoms with van der Waals surface area (Å²) in [5.41, 5.74) is 2.48. The number of hydrogen-bond donors (Lipinski definition) is 0. The third-order valence-electron chi connectivity index (χ3n) is 4.48. The average Bonchev–Trinajstić information content (AvgIpc) is 2.95. The molecule has 2 heterocycles. The van der Waals surface area contributed by atoms with E-state index < -0.39 is 5.82 Å². The van der Waals surface area contributed by atoms with Gasteiger partial charge >= 0.3 is 0 Å². The predicted molar refractivity (Wildman–Crippen MR) is 102 cm³/mol. The van der Waals surface area contributed by atoms with Crippen molar-refractivity contribution in [1.82, 2.24) is 14.3 Å². The molecule has 26 heavy (non-hydrogen) atoms. The summed E-state index contributed by atoms with van der Waals surface area (Å²) in [6, 6.07) is 7.87. The average molecular weight is 374 g/mol. The van der Waals surface area contributed by atoms with Crippen LogP contribution in [0.25, 0.3) is 16.8 Å². The normalized spacial score (nSPS) is 11.3. The highest BCUT2D eigenvalue weighted by atomic mass is 35.5. The van der Waals surface area contributed by atoms with Gasteiger partial charge in [-0.25, -0.2) is 9.37 Å². The van der Waals surface area contributed by atoms with E-state index in [9.17, 15) is 9.18 Å². The number of imidazole rings is 1. The second-order valence-corrected chi connectivity index (χ2v) is 6.94. The molecule has 0 spiro atoms. The highest BCUT2D eigenvalue weighted by Crippen LogP contribution is 2.30. The van der Waals surface area contributed by atoms with Gasteiger partial charge in [-0.3, -0.25) is 9.20 Å². The molecule has 0 atom stereocenters. The van der Waals surface area contributed by atoms with E-state index in [4.69, 9.17) is 11.6 Å². The Morgan fingerprint density at radius 2 is 2.04 bits per heavy atom. The Labute approximate surface area is 157 Å². The molecule has 1 amide bonds. The number of hydrogen-bond acceptors (Lipinski definition) is 2. The van der Waals surface area contributed by atoms with Gasteiger partial charge in [0.05, 0.1) is 23.0 Å². The first-order chi connectivity index (χ1) is 12.3. The maximum absolute atomic E-state index is 14.0. The maximum Gasteiger partial charge on any atom is 0.254 e. The van der Waals surface area contributed by atoms with Crippen LogP contribution in [0.3, 0.4) is 0 Å². The van der Waals surface area contributed by atoms with E-state index in [0.717, 1.165) is 11.3 Å². The maximum atomic E-state index is 14.0. The smallest absolute Gasteiger partial charge is 0.254 e. The molecule has 0 radical (unpaired) electrons. The Balaban J connectivity index is 2.28. The Morgan fingerprint density at radius 1 is 1.31 bits per heavy atom. The van der Waals surface area contributed by atoms with Crippen molar-refractivity contribution in [2.45, 2.75) is 33.7 Å². The molecule has 6 heteroatoms. The quantitative estimate of drug-likeness (QED) is 0.647. The van der Waals surface area contributed by atoms with E-state index in [2.05, 4.69) is 4.98 Å². The molecule has 1 aromatic carbocycles. The Morgan fingerprint density at radius 3 is 2.69 bits per heavy atom. The van der Waals surface area contributed by atoms with Gasteiger partial charge in [0, 0.05) is 23.2 Å². The molecule has 0 bridgehead atoms. The summed E-state index contributed by atoms with van der Waals surface area (Å²) < 4.78 is 15.9. The number of pyridine rings is 1. The third-order valence-corrected chi connectivity index (χ3v) is 4.70. The van der Waals surface area contributed by atoms with E-state index in [1.54, 1.807) is 23.2 Å². The first-order valence-electron chi connectivity index (χ1n) is 8.58. The van der Waals surface area contributed by atoms with Crippen molar-refractivity contribution in [2.24, 2.45) is 0 Å². The van der Waals surface area contributed by atoms with Crippen LogP contribution in [-0.4, -0.2) is 32.8 Å². The van der Waals surface area contributed by atoms with Crippen LogP contribution in [-0.2, 0) is 0 Å². The van der Waals surface area contributed by atoms with Crippen molar-refractivity contribution in [2.75, 3.05) is 6.54 Å². The van der Waals surface area contributed by atoms with Crippen molar-refractivity contribution in [3.63, 3.8) is 0 Å². The number of fused-ring (bicyclic) bond motifs is 1. The van der Waals surface area contributed by atoms with Crippen molar-refractivity contribution in [3.8, 4) is 11.3 Å². The second kappa shape index (κ2) is 7.08. The van der Waals surface area contributed by atoms with Gasteiger partial charge in [0.1, 0.15) is 11.6 Å². The molecule has 0 aliphatic carbocycles. The lowest BCUT2D eigenvalue weighted by atomic mass is 10.0. The van der Waals surface area contributed by atoms with Crippen LogP contribution >= 0.6 is 11.6 Å². The molecule has 136 valence electrons. The van der Waals surface area contributed by atoms with Crippen LogP contribution in [0, 0.1) is 12.7 Å². The minimum atomic E-state index is -0.447. The van der Waals surface area contributed by atoms with Crippen molar-refractivity contribution >= 4 is 23.0 Å². The van der Waals surface area contributed by atoms with Crippen LogP contribution in [0.2, 0.25) is 5.02 Å². The predicted octanol–water partition coefficient (Wildman–Crippen LogP) is 4.97. The highest BCUT2D eigenvalue weighted by molar-refractivity contribution is 6.31. The molecule has 0 aliphatic heterocycles. The summed E-state index contributed by atoms with van der Waals surface area (Å²) in [6.07, 6.45) is 1.72. The van der Waals surface area contributed by atoms with Crippen molar-refractivity contribution in [3.05, 3.63) is 58.8 Å².